The number of nitrogens with zero attached hydrogens (tertiary/aromatic N) is 5. The first-order valence-electron chi connectivity index (χ1n) is 10.2. The van der Waals surface area contributed by atoms with E-state index in [9.17, 15) is 19.1 Å². The Hall–Kier alpha value is -3.82. The van der Waals surface area contributed by atoms with Crippen molar-refractivity contribution < 1.29 is 23.8 Å². The molecule has 0 aliphatic carbocycles. The van der Waals surface area contributed by atoms with Crippen LogP contribution in [-0.4, -0.2) is 61.1 Å². The fourth-order valence-corrected chi connectivity index (χ4v) is 3.76. The molecule has 1 aliphatic heterocycles. The molecule has 1 aliphatic rings. The van der Waals surface area contributed by atoms with E-state index in [4.69, 9.17) is 4.74 Å². The minimum absolute atomic E-state index is 0.0104. The number of aromatic carboxylic acids is 1. The number of likely N-dealkylation sites (tertiary alicyclic amines) is 1. The molecular formula is C22H22FN5O4. The molecular weight excluding hydrogens is 417 g/mol. The van der Waals surface area contributed by atoms with E-state index >= 15 is 0 Å². The second kappa shape index (κ2) is 9.13. The van der Waals surface area contributed by atoms with Gasteiger partial charge in [0.15, 0.2) is 0 Å². The van der Waals surface area contributed by atoms with Crippen LogP contribution < -0.4 is 4.74 Å². The number of benzene rings is 1. The first-order chi connectivity index (χ1) is 15.4. The monoisotopic (exact) mass is 439 g/mol. The van der Waals surface area contributed by atoms with E-state index in [0.29, 0.717) is 24.7 Å². The number of halogens is 1. The maximum Gasteiger partial charge on any atom is 0.335 e. The number of hydrogen-bond donors (Lipinski definition) is 1. The summed E-state index contributed by atoms with van der Waals surface area (Å²) >= 11 is 0. The highest BCUT2D eigenvalue weighted by molar-refractivity contribution is 6.00. The lowest BCUT2D eigenvalue weighted by atomic mass is 9.93. The zero-order valence-corrected chi connectivity index (χ0v) is 17.4. The summed E-state index contributed by atoms with van der Waals surface area (Å²) in [6, 6.07) is 7.02. The summed E-state index contributed by atoms with van der Waals surface area (Å²) in [6.45, 7) is 2.73. The summed E-state index contributed by atoms with van der Waals surface area (Å²) in [4.78, 5) is 31.9. The normalized spacial score (nSPS) is 18.4. The van der Waals surface area contributed by atoms with Gasteiger partial charge in [-0.05, 0) is 44.0 Å². The number of hydrogen-bond acceptors (Lipinski definition) is 6. The van der Waals surface area contributed by atoms with Gasteiger partial charge in [-0.2, -0.15) is 15.0 Å². The Labute approximate surface area is 183 Å². The van der Waals surface area contributed by atoms with Crippen molar-refractivity contribution >= 4 is 11.9 Å². The van der Waals surface area contributed by atoms with Gasteiger partial charge in [0, 0.05) is 24.6 Å². The van der Waals surface area contributed by atoms with Crippen molar-refractivity contribution in [1.82, 2.24) is 24.9 Å². The Morgan fingerprint density at radius 2 is 1.97 bits per heavy atom. The highest BCUT2D eigenvalue weighted by Crippen LogP contribution is 2.27. The summed E-state index contributed by atoms with van der Waals surface area (Å²) in [5.41, 5.74) is 0.636. The van der Waals surface area contributed by atoms with E-state index in [2.05, 4.69) is 15.2 Å². The molecule has 0 saturated carbocycles. The lowest BCUT2D eigenvalue weighted by Gasteiger charge is -2.38. The lowest BCUT2D eigenvalue weighted by Crippen LogP contribution is -2.47. The fraction of sp³-hybridized carbons (Fsp3) is 0.318. The van der Waals surface area contributed by atoms with Gasteiger partial charge in [-0.1, -0.05) is 0 Å². The van der Waals surface area contributed by atoms with Crippen LogP contribution in [-0.2, 0) is 0 Å². The summed E-state index contributed by atoms with van der Waals surface area (Å²) in [6.07, 6.45) is 5.69. The quantitative estimate of drug-likeness (QED) is 0.629. The molecule has 4 rings (SSSR count). The van der Waals surface area contributed by atoms with Crippen molar-refractivity contribution in [3.05, 3.63) is 65.9 Å². The summed E-state index contributed by atoms with van der Waals surface area (Å²) in [5.74, 6) is -1.48. The molecule has 1 amide bonds. The van der Waals surface area contributed by atoms with Gasteiger partial charge < -0.3 is 14.7 Å². The van der Waals surface area contributed by atoms with Crippen LogP contribution in [0, 0.1) is 11.7 Å². The minimum atomic E-state index is -1.12. The maximum absolute atomic E-state index is 13.5. The molecule has 10 heteroatoms. The molecule has 1 N–H and O–H groups in total. The molecule has 0 spiro atoms. The maximum atomic E-state index is 13.5. The van der Waals surface area contributed by atoms with Crippen molar-refractivity contribution in [3.8, 4) is 11.6 Å². The van der Waals surface area contributed by atoms with Crippen molar-refractivity contribution in [2.45, 2.75) is 25.8 Å². The third-order valence-electron chi connectivity index (χ3n) is 5.52. The second-order valence-corrected chi connectivity index (χ2v) is 7.73. The number of ether oxygens (including phenoxy) is 1. The van der Waals surface area contributed by atoms with E-state index in [1.54, 1.807) is 4.90 Å². The first kappa shape index (κ1) is 21.4. The average molecular weight is 439 g/mol. The fourth-order valence-electron chi connectivity index (χ4n) is 3.76. The van der Waals surface area contributed by atoms with Crippen LogP contribution in [0.3, 0.4) is 0 Å². The van der Waals surface area contributed by atoms with Crippen molar-refractivity contribution in [2.24, 2.45) is 5.92 Å². The van der Waals surface area contributed by atoms with Gasteiger partial charge in [0.25, 0.3) is 5.91 Å². The van der Waals surface area contributed by atoms with Crippen LogP contribution in [0.2, 0.25) is 0 Å². The Kier molecular flexibility index (Phi) is 6.11. The van der Waals surface area contributed by atoms with Crippen LogP contribution in [0.4, 0.5) is 4.39 Å². The number of carboxylic acids is 1. The number of aromatic nitrogens is 4. The number of carboxylic acid groups (broad SMARTS) is 1. The van der Waals surface area contributed by atoms with E-state index in [-0.39, 0.29) is 29.0 Å². The average Bonchev–Trinajstić information content (AvgIpc) is 3.33. The topological polar surface area (TPSA) is 110 Å². The molecule has 2 aromatic heterocycles. The number of pyridine rings is 1. The van der Waals surface area contributed by atoms with E-state index < -0.39 is 11.8 Å². The molecule has 1 fully saturated rings. The van der Waals surface area contributed by atoms with Crippen LogP contribution in [0.1, 0.15) is 40.5 Å². The van der Waals surface area contributed by atoms with Gasteiger partial charge in [-0.15, -0.1) is 0 Å². The van der Waals surface area contributed by atoms with E-state index in [0.717, 1.165) is 19.0 Å². The molecule has 9 nitrogen and oxygen atoms in total. The Morgan fingerprint density at radius 1 is 1.19 bits per heavy atom. The van der Waals surface area contributed by atoms with Crippen LogP contribution in [0.5, 0.6) is 5.88 Å². The van der Waals surface area contributed by atoms with E-state index in [1.165, 1.54) is 47.5 Å². The largest absolute Gasteiger partial charge is 0.478 e. The number of piperidine rings is 1. The molecule has 3 aromatic rings. The van der Waals surface area contributed by atoms with Crippen LogP contribution in [0.25, 0.3) is 5.69 Å². The Bertz CT molecular complexity index is 1100. The molecule has 1 saturated heterocycles. The molecule has 0 unspecified atom stereocenters. The zero-order chi connectivity index (χ0) is 22.7. The van der Waals surface area contributed by atoms with Crippen molar-refractivity contribution in [3.63, 3.8) is 0 Å². The minimum Gasteiger partial charge on any atom is -0.478 e. The van der Waals surface area contributed by atoms with Crippen molar-refractivity contribution in [2.75, 3.05) is 13.2 Å². The number of carbonyl (C=O) groups is 2. The van der Waals surface area contributed by atoms with Gasteiger partial charge in [-0.25, -0.2) is 14.2 Å². The van der Waals surface area contributed by atoms with Crippen molar-refractivity contribution in [1.29, 1.82) is 0 Å². The predicted octanol–water partition coefficient (Wildman–Crippen LogP) is 2.82. The highest BCUT2D eigenvalue weighted by Gasteiger charge is 2.32. The Morgan fingerprint density at radius 3 is 2.66 bits per heavy atom. The lowest BCUT2D eigenvalue weighted by molar-refractivity contribution is 0.0502. The predicted molar refractivity (Wildman–Crippen MR) is 111 cm³/mol. The Balaban J connectivity index is 1.55. The summed E-state index contributed by atoms with van der Waals surface area (Å²) in [5, 5.41) is 17.6. The molecule has 0 bridgehead atoms. The third-order valence-corrected chi connectivity index (χ3v) is 5.52. The number of amides is 1. The van der Waals surface area contributed by atoms with Gasteiger partial charge in [0.2, 0.25) is 5.88 Å². The molecule has 32 heavy (non-hydrogen) atoms. The van der Waals surface area contributed by atoms with Crippen LogP contribution >= 0.6 is 0 Å². The second-order valence-electron chi connectivity index (χ2n) is 7.73. The molecule has 2 atom stereocenters. The SMILES string of the molecule is C[C@H]1CC[C@H](COc2ccc(F)cn2)CN1C(=O)c1cc(C(=O)O)ccc1-n1nccn1. The van der Waals surface area contributed by atoms with E-state index in [1.807, 2.05) is 6.92 Å². The zero-order valence-electron chi connectivity index (χ0n) is 17.4. The summed E-state index contributed by atoms with van der Waals surface area (Å²) in [7, 11) is 0. The molecule has 166 valence electrons. The first-order valence-corrected chi connectivity index (χ1v) is 10.2. The van der Waals surface area contributed by atoms with Crippen LogP contribution in [0.15, 0.2) is 48.9 Å². The van der Waals surface area contributed by atoms with Gasteiger partial charge in [-0.3, -0.25) is 4.79 Å². The number of rotatable bonds is 6. The molecule has 1 aromatic carbocycles. The molecule has 0 radical (unpaired) electrons. The van der Waals surface area contributed by atoms with Gasteiger partial charge >= 0.3 is 5.97 Å². The van der Waals surface area contributed by atoms with Gasteiger partial charge in [0.1, 0.15) is 5.82 Å². The smallest absolute Gasteiger partial charge is 0.335 e. The third kappa shape index (κ3) is 4.58. The summed E-state index contributed by atoms with van der Waals surface area (Å²) < 4.78 is 18.7. The number of carbonyl (C=O) groups excluding carboxylic acids is 1. The molecule has 3 heterocycles. The highest BCUT2D eigenvalue weighted by atomic mass is 19.1. The standard InChI is InChI=1S/C22H22FN5O4/c1-14-2-3-15(13-32-20-7-5-17(23)11-24-20)12-27(14)21(29)18-10-16(22(30)31)4-6-19(18)28-25-8-9-26-28/h4-11,14-15H,2-3,12-13H2,1H3,(H,30,31)/t14-,15-/m0/s1. The van der Waals surface area contributed by atoms with Gasteiger partial charge in [0.05, 0.1) is 42.0 Å².